The summed E-state index contributed by atoms with van der Waals surface area (Å²) < 4.78 is 124. The van der Waals surface area contributed by atoms with Crippen molar-refractivity contribution in [3.8, 4) is 11.5 Å². The normalized spacial score (nSPS) is 11.0. The Balaban J connectivity index is 0.00000120. The first-order chi connectivity index (χ1) is 37.1. The Morgan fingerprint density at radius 3 is 1.21 bits per heavy atom. The Hall–Kier alpha value is -4.83. The summed E-state index contributed by atoms with van der Waals surface area (Å²) in [6, 6.07) is 51.6. The van der Waals surface area contributed by atoms with E-state index >= 15 is 0 Å². The fraction of sp³-hybridized carbons (Fsp3) is 0.291. The van der Waals surface area contributed by atoms with Gasteiger partial charge in [0.25, 0.3) is 0 Å². The first kappa shape index (κ1) is 77.2. The number of aliphatic hydroxyl groups is 1. The molecule has 0 saturated carbocycles. The summed E-state index contributed by atoms with van der Waals surface area (Å²) in [5, 5.41) is 7.22. The standard InChI is InChI=1S/C24H22F2O6S2.C22H20O3S.C7H15N3.C2H4F2O4S.BrH.ClH.Na/c1-17-13-21(33(19-9-5-3-6-10-19)20-11-7-4-8-12-20)14-18(2)23(17)31-15-22(27)32-16-24(25,26)34(28,29)30;1-16-13-20(14-17(2)22(16)25-15-21(23)24)26(18-9-5-3-6-10-18)19-11-7-4-8-12-19;1-4-8-7-9-5-6-10(2)3;3-2(4,1-5)9(6,7)8;;;/h3-14H,15-16H2,1-2H3;3-14H,15H2,1-2H3;4-6H2,1-3H3;5H,1H2,(H,6,7,8);2*1H;/q;;;;;;+1/p-1. The molecule has 0 bridgehead atoms. The minimum Gasteiger partial charge on any atom is -1.00 e. The fourth-order valence-electron chi connectivity index (χ4n) is 6.60. The number of aryl methyl sites for hydroxylation is 4. The molecule has 0 aromatic heterocycles. The van der Waals surface area contributed by atoms with Crippen molar-refractivity contribution < 1.29 is 124 Å². The van der Waals surface area contributed by atoms with Crippen molar-refractivity contribution in [3.63, 3.8) is 0 Å². The second kappa shape index (κ2) is 37.5. The van der Waals surface area contributed by atoms with Gasteiger partial charge in [0.1, 0.15) is 18.1 Å². The maximum Gasteiger partial charge on any atom is 1.00 e. The number of carbonyl (C=O) groups is 2. The summed E-state index contributed by atoms with van der Waals surface area (Å²) in [5.74, 6) is -1.16. The van der Waals surface area contributed by atoms with Crippen molar-refractivity contribution in [3.05, 3.63) is 168 Å². The van der Waals surface area contributed by atoms with Gasteiger partial charge in [0.15, 0.2) is 69.4 Å². The minimum atomic E-state index is -5.94. The van der Waals surface area contributed by atoms with E-state index in [0.717, 1.165) is 56.6 Å². The summed E-state index contributed by atoms with van der Waals surface area (Å²) in [5.41, 5.74) is 3.34. The zero-order chi connectivity index (χ0) is 59.0. The molecule has 0 aliphatic heterocycles. The van der Waals surface area contributed by atoms with E-state index < -0.39 is 73.4 Å². The van der Waals surface area contributed by atoms with E-state index in [4.69, 9.17) is 19.7 Å². The van der Waals surface area contributed by atoms with E-state index in [1.165, 1.54) is 14.7 Å². The third kappa shape index (κ3) is 25.6. The number of halogens is 6. The predicted molar refractivity (Wildman–Crippen MR) is 299 cm³/mol. The number of aliphatic carboxylic acids is 1. The van der Waals surface area contributed by atoms with Crippen LogP contribution in [0.2, 0.25) is 0 Å². The van der Waals surface area contributed by atoms with E-state index in [1.54, 1.807) is 13.8 Å². The molecular formula is C55H62BrClF4N3NaO13S4. The van der Waals surface area contributed by atoms with Gasteiger partial charge >= 0.3 is 52.0 Å². The molecule has 0 radical (unpaired) electrons. The van der Waals surface area contributed by atoms with Gasteiger partial charge in [-0.2, -0.15) is 17.6 Å². The average molecular weight is 1320 g/mol. The number of ether oxygens (including phenoxy) is 3. The zero-order valence-corrected chi connectivity index (χ0v) is 53.6. The number of aliphatic hydroxyl groups excluding tert-OH is 1. The van der Waals surface area contributed by atoms with Crippen LogP contribution in [-0.2, 0) is 56.4 Å². The Labute approximate surface area is 521 Å². The van der Waals surface area contributed by atoms with Crippen molar-refractivity contribution in [2.24, 2.45) is 9.98 Å². The number of rotatable bonds is 21. The van der Waals surface area contributed by atoms with Crippen LogP contribution in [0.15, 0.2) is 185 Å². The van der Waals surface area contributed by atoms with Crippen LogP contribution in [0.25, 0.3) is 0 Å². The molecule has 6 rings (SSSR count). The molecule has 0 heterocycles. The molecule has 0 aliphatic rings. The molecule has 6 aromatic rings. The summed E-state index contributed by atoms with van der Waals surface area (Å²) in [6.45, 7) is 7.12. The van der Waals surface area contributed by atoms with Gasteiger partial charge in [-0.15, -0.1) is 12.4 Å². The molecule has 0 atom stereocenters. The molecule has 0 unspecified atom stereocenters. The molecule has 16 nitrogen and oxygen atoms in total. The Morgan fingerprint density at radius 1 is 0.610 bits per heavy atom. The van der Waals surface area contributed by atoms with Gasteiger partial charge in [-0.3, -0.25) is 0 Å². The van der Waals surface area contributed by atoms with Crippen LogP contribution in [-0.4, -0.2) is 130 Å². The van der Waals surface area contributed by atoms with E-state index in [9.17, 15) is 53.1 Å². The summed E-state index contributed by atoms with van der Waals surface area (Å²) in [4.78, 5) is 39.4. The van der Waals surface area contributed by atoms with Crippen LogP contribution >= 0.6 is 12.4 Å². The molecule has 0 saturated heterocycles. The maximum absolute atomic E-state index is 13.2. The van der Waals surface area contributed by atoms with Gasteiger partial charge in [0.05, 0.1) is 34.3 Å². The number of hydrogen-bond acceptors (Lipinski definition) is 15. The van der Waals surface area contributed by atoms with E-state index in [0.29, 0.717) is 11.5 Å². The largest absolute Gasteiger partial charge is 1.00 e. The number of carbonyl (C=O) groups excluding carboxylic acids is 1. The van der Waals surface area contributed by atoms with Crippen molar-refractivity contribution in [2.75, 3.05) is 60.2 Å². The van der Waals surface area contributed by atoms with Crippen LogP contribution in [0.4, 0.5) is 17.6 Å². The molecule has 0 amide bonds. The van der Waals surface area contributed by atoms with Crippen LogP contribution < -0.4 is 56.0 Å². The van der Waals surface area contributed by atoms with Gasteiger partial charge in [-0.1, -0.05) is 72.8 Å². The number of esters is 1. The third-order valence-electron chi connectivity index (χ3n) is 10.2. The van der Waals surface area contributed by atoms with Gasteiger partial charge in [0, 0.05) is 37.4 Å². The Morgan fingerprint density at radius 2 is 0.939 bits per heavy atom. The quantitative estimate of drug-likeness (QED) is 0.0261. The third-order valence-corrected chi connectivity index (χ3v) is 16.3. The number of benzene rings is 6. The number of aliphatic imine (C=N–C) groups is 2. The predicted octanol–water partition coefficient (Wildman–Crippen LogP) is 3.61. The summed E-state index contributed by atoms with van der Waals surface area (Å²) in [7, 11) is -8.21. The molecule has 6 aromatic carbocycles. The van der Waals surface area contributed by atoms with E-state index in [1.807, 2.05) is 95.5 Å². The molecular weight excluding hydrogens is 1250 g/mol. The number of carboxylic acids is 1. The number of alkyl halides is 4. The van der Waals surface area contributed by atoms with E-state index in [2.05, 4.69) is 111 Å². The maximum atomic E-state index is 13.2. The van der Waals surface area contributed by atoms with Crippen LogP contribution in [0.3, 0.4) is 0 Å². The molecule has 0 spiro atoms. The average Bonchev–Trinajstić information content (AvgIpc) is 3.39. The van der Waals surface area contributed by atoms with Gasteiger partial charge < -0.3 is 55.4 Å². The van der Waals surface area contributed by atoms with E-state index in [-0.39, 0.29) is 76.4 Å². The first-order valence-corrected chi connectivity index (χ1v) is 28.9. The second-order valence-electron chi connectivity index (χ2n) is 16.9. The van der Waals surface area contributed by atoms with Gasteiger partial charge in [-0.05, 0) is 119 Å². The van der Waals surface area contributed by atoms with Crippen LogP contribution in [0, 0.1) is 27.7 Å². The molecule has 0 aliphatic carbocycles. The number of carboxylic acid groups (broad SMARTS) is 1. The van der Waals surface area contributed by atoms with Crippen LogP contribution in [0.1, 0.15) is 29.2 Å². The number of nitrogens with zero attached hydrogens (tertiary/aromatic N) is 3. The Kier molecular flexibility index (Phi) is 35.3. The summed E-state index contributed by atoms with van der Waals surface area (Å²) in [6.07, 6.45) is 0. The van der Waals surface area contributed by atoms with Gasteiger partial charge in [-0.25, -0.2) is 36.4 Å². The minimum absolute atomic E-state index is 0. The SMILES string of the molecule is CCN=C=NCCN(C)C.Cc1cc([S+](c2ccccc2)c2ccccc2)cc(C)c1OCC(=O)O.Cc1cc([S+](c2ccccc2)c2ccccc2)cc(C)c1OCC(=O)OCC(F)(F)S(=O)(=O)[O-].Cl.O=S(=O)([O-])C(F)(F)CO.[Br-].[Na+]. The fourth-order valence-corrected chi connectivity index (χ4v) is 11.5. The Bertz CT molecular complexity index is 3080. The smallest absolute Gasteiger partial charge is 1.00 e. The number of hydrogen-bond donors (Lipinski definition) is 2. The molecule has 82 heavy (non-hydrogen) atoms. The van der Waals surface area contributed by atoms with Crippen molar-refractivity contribution >= 4 is 72.4 Å². The monoisotopic (exact) mass is 1310 g/mol. The van der Waals surface area contributed by atoms with Crippen molar-refractivity contribution in [2.45, 2.75) is 74.5 Å². The molecule has 442 valence electrons. The van der Waals surface area contributed by atoms with Gasteiger partial charge in [0.2, 0.25) is 0 Å². The summed E-state index contributed by atoms with van der Waals surface area (Å²) >= 11 is 0. The first-order valence-electron chi connectivity index (χ1n) is 23.7. The van der Waals surface area contributed by atoms with Crippen molar-refractivity contribution in [1.82, 2.24) is 4.90 Å². The van der Waals surface area contributed by atoms with Crippen LogP contribution in [0.5, 0.6) is 11.5 Å². The topological polar surface area (TPSA) is 245 Å². The molecule has 2 N–H and O–H groups in total. The van der Waals surface area contributed by atoms with Crippen molar-refractivity contribution in [1.29, 1.82) is 0 Å². The zero-order valence-electron chi connectivity index (χ0n) is 46.0. The number of likely N-dealkylation sites (N-methyl/N-ethyl adjacent to an activating group) is 1. The second-order valence-corrected chi connectivity index (χ2v) is 23.9. The molecule has 0 fully saturated rings. The molecule has 27 heteroatoms.